The lowest BCUT2D eigenvalue weighted by Gasteiger charge is -2.16. The molecule has 0 fully saturated rings. The van der Waals surface area contributed by atoms with E-state index in [1.54, 1.807) is 24.3 Å². The molecular weight excluding hydrogens is 753 g/mol. The molecule has 3 aromatic carbocycles. The van der Waals surface area contributed by atoms with Crippen LogP contribution in [0.2, 0.25) is 0 Å². The van der Waals surface area contributed by atoms with Crippen LogP contribution in [0.15, 0.2) is 70.5 Å². The van der Waals surface area contributed by atoms with E-state index in [4.69, 9.17) is 46.3 Å². The highest BCUT2D eigenvalue weighted by Gasteiger charge is 2.23. The van der Waals surface area contributed by atoms with Crippen LogP contribution in [0, 0.1) is 13.8 Å². The normalized spacial score (nSPS) is 11.6. The lowest BCUT2D eigenvalue weighted by atomic mass is 10.1. The summed E-state index contributed by atoms with van der Waals surface area (Å²) in [6.45, 7) is 4.38. The Kier molecular flexibility index (Phi) is 18.8. The summed E-state index contributed by atoms with van der Waals surface area (Å²) in [4.78, 5) is 25.0. The van der Waals surface area contributed by atoms with E-state index in [1.807, 2.05) is 13.8 Å². The summed E-state index contributed by atoms with van der Waals surface area (Å²) < 4.78 is 102. The van der Waals surface area contributed by atoms with Crippen molar-refractivity contribution in [2.24, 2.45) is 0 Å². The number of rotatable bonds is 26. The van der Waals surface area contributed by atoms with Crippen LogP contribution in [0.3, 0.4) is 0 Å². The number of aryl methyl sites for hydroxylation is 2. The first-order valence-electron chi connectivity index (χ1n) is 16.7. The predicted molar refractivity (Wildman–Crippen MR) is 192 cm³/mol. The SMILES string of the molecule is COC(=O)c1cc(OCCOCCOCCOS(=O)(=O)c2ccc(C)cc2)c(OCCOCCOCCOS(=O)(=O)c2ccc(C)cc2)cc1C(=O)OC. The Morgan fingerprint density at radius 1 is 0.463 bits per heavy atom. The number of benzene rings is 3. The molecule has 0 aliphatic carbocycles. The highest BCUT2D eigenvalue weighted by molar-refractivity contribution is 7.87. The van der Waals surface area contributed by atoms with Gasteiger partial charge < -0.3 is 37.9 Å². The first-order chi connectivity index (χ1) is 25.9. The largest absolute Gasteiger partial charge is 0.487 e. The molecule has 0 unspecified atom stereocenters. The predicted octanol–water partition coefficient (Wildman–Crippen LogP) is 3.51. The molecule has 0 heterocycles. The number of esters is 2. The quantitative estimate of drug-likeness (QED) is 0.0650. The molecule has 0 saturated heterocycles. The Labute approximate surface area is 315 Å². The average molecular weight is 799 g/mol. The molecule has 3 rings (SSSR count). The molecule has 0 aliphatic rings. The van der Waals surface area contributed by atoms with Gasteiger partial charge in [0.1, 0.15) is 13.2 Å². The fourth-order valence-corrected chi connectivity index (χ4v) is 6.15. The van der Waals surface area contributed by atoms with Crippen molar-refractivity contribution >= 4 is 32.2 Å². The fourth-order valence-electron chi connectivity index (χ4n) is 4.36. The second-order valence-electron chi connectivity index (χ2n) is 11.2. The van der Waals surface area contributed by atoms with Gasteiger partial charge in [-0.25, -0.2) is 9.59 Å². The maximum Gasteiger partial charge on any atom is 0.338 e. The van der Waals surface area contributed by atoms with Crippen molar-refractivity contribution in [3.05, 3.63) is 82.9 Å². The van der Waals surface area contributed by atoms with Gasteiger partial charge in [0, 0.05) is 0 Å². The summed E-state index contributed by atoms with van der Waals surface area (Å²) in [5.74, 6) is -1.34. The Morgan fingerprint density at radius 3 is 1.07 bits per heavy atom. The number of carbonyl (C=O) groups excluding carboxylic acids is 2. The van der Waals surface area contributed by atoms with Gasteiger partial charge in [-0.3, -0.25) is 8.37 Å². The van der Waals surface area contributed by atoms with Crippen LogP contribution in [-0.2, 0) is 57.0 Å². The minimum absolute atomic E-state index is 0.0241. The van der Waals surface area contributed by atoms with Gasteiger partial charge in [0.05, 0.1) is 101 Å². The Balaban J connectivity index is 1.39. The van der Waals surface area contributed by atoms with Gasteiger partial charge in [0.15, 0.2) is 11.5 Å². The van der Waals surface area contributed by atoms with Crippen LogP contribution < -0.4 is 9.47 Å². The number of ether oxygens (including phenoxy) is 8. The maximum absolute atomic E-state index is 12.5. The third-order valence-corrected chi connectivity index (χ3v) is 9.81. The summed E-state index contributed by atoms with van der Waals surface area (Å²) in [6.07, 6.45) is 0. The van der Waals surface area contributed by atoms with Crippen LogP contribution in [0.1, 0.15) is 31.8 Å². The molecule has 3 aromatic rings. The van der Waals surface area contributed by atoms with Crippen molar-refractivity contribution < 1.29 is 72.7 Å². The summed E-state index contributed by atoms with van der Waals surface area (Å²) in [7, 11) is -5.43. The molecule has 18 heteroatoms. The zero-order valence-corrected chi connectivity index (χ0v) is 32.2. The zero-order valence-electron chi connectivity index (χ0n) is 30.6. The number of hydrogen-bond donors (Lipinski definition) is 0. The first kappa shape index (κ1) is 44.3. The third kappa shape index (κ3) is 14.9. The van der Waals surface area contributed by atoms with E-state index in [2.05, 4.69) is 0 Å². The monoisotopic (exact) mass is 798 g/mol. The molecule has 0 spiro atoms. The molecule has 0 saturated carbocycles. The van der Waals surface area contributed by atoms with E-state index < -0.39 is 32.2 Å². The average Bonchev–Trinajstić information content (AvgIpc) is 3.16. The van der Waals surface area contributed by atoms with Gasteiger partial charge in [-0.05, 0) is 50.2 Å². The molecule has 0 amide bonds. The van der Waals surface area contributed by atoms with Crippen molar-refractivity contribution in [1.82, 2.24) is 0 Å². The second kappa shape index (κ2) is 22.9. The molecule has 298 valence electrons. The molecular formula is C36H46O16S2. The van der Waals surface area contributed by atoms with Crippen LogP contribution in [0.5, 0.6) is 11.5 Å². The fraction of sp³-hybridized carbons (Fsp3) is 0.444. The van der Waals surface area contributed by atoms with Gasteiger partial charge >= 0.3 is 11.9 Å². The van der Waals surface area contributed by atoms with Crippen LogP contribution in [0.4, 0.5) is 0 Å². The van der Waals surface area contributed by atoms with Crippen LogP contribution >= 0.6 is 0 Å². The topological polar surface area (TPSA) is 195 Å². The summed E-state index contributed by atoms with van der Waals surface area (Å²) in [6, 6.07) is 15.2. The zero-order chi connectivity index (χ0) is 39.4. The standard InChI is InChI=1S/C36H46O16S2/c1-27-5-9-29(10-6-27)53(39,40)51-23-19-47-15-13-45-17-21-49-33-25-31(35(37)43-3)32(36(38)44-4)26-34(33)50-22-18-46-14-16-48-20-24-52-54(41,42)30-11-7-28(2)8-12-30/h5-12,25-26H,13-24H2,1-4H3. The van der Waals surface area contributed by atoms with Crippen molar-refractivity contribution in [2.45, 2.75) is 23.6 Å². The van der Waals surface area contributed by atoms with Crippen LogP contribution in [-0.4, -0.2) is 122 Å². The Morgan fingerprint density at radius 2 is 0.759 bits per heavy atom. The van der Waals surface area contributed by atoms with E-state index >= 15 is 0 Å². The maximum atomic E-state index is 12.5. The third-order valence-electron chi connectivity index (χ3n) is 7.16. The molecule has 16 nitrogen and oxygen atoms in total. The number of carbonyl (C=O) groups is 2. The number of methoxy groups -OCH3 is 2. The summed E-state index contributed by atoms with van der Waals surface area (Å²) in [5.41, 5.74) is 1.66. The van der Waals surface area contributed by atoms with Gasteiger partial charge in [0.2, 0.25) is 0 Å². The molecule has 0 atom stereocenters. The Bertz CT molecular complexity index is 1690. The van der Waals surface area contributed by atoms with E-state index in [1.165, 1.54) is 50.6 Å². The van der Waals surface area contributed by atoms with Crippen molar-refractivity contribution in [3.8, 4) is 11.5 Å². The van der Waals surface area contributed by atoms with Crippen molar-refractivity contribution in [1.29, 1.82) is 0 Å². The molecule has 54 heavy (non-hydrogen) atoms. The van der Waals surface area contributed by atoms with E-state index in [-0.39, 0.29) is 112 Å². The van der Waals surface area contributed by atoms with E-state index in [9.17, 15) is 26.4 Å². The van der Waals surface area contributed by atoms with E-state index in [0.29, 0.717) is 0 Å². The van der Waals surface area contributed by atoms with Gasteiger partial charge in [-0.1, -0.05) is 35.4 Å². The van der Waals surface area contributed by atoms with Gasteiger partial charge in [-0.15, -0.1) is 0 Å². The van der Waals surface area contributed by atoms with E-state index in [0.717, 1.165) is 11.1 Å². The molecule has 0 bridgehead atoms. The highest BCUT2D eigenvalue weighted by atomic mass is 32.2. The molecule has 0 radical (unpaired) electrons. The minimum Gasteiger partial charge on any atom is -0.487 e. The lowest BCUT2D eigenvalue weighted by molar-refractivity contribution is 0.0252. The van der Waals surface area contributed by atoms with Crippen LogP contribution in [0.25, 0.3) is 0 Å². The summed E-state index contributed by atoms with van der Waals surface area (Å²) >= 11 is 0. The smallest absolute Gasteiger partial charge is 0.338 e. The lowest BCUT2D eigenvalue weighted by Crippen LogP contribution is -2.17. The molecule has 0 N–H and O–H groups in total. The van der Waals surface area contributed by atoms with Gasteiger partial charge in [-0.2, -0.15) is 16.8 Å². The highest BCUT2D eigenvalue weighted by Crippen LogP contribution is 2.32. The molecule has 0 aliphatic heterocycles. The van der Waals surface area contributed by atoms with Crippen molar-refractivity contribution in [2.75, 3.05) is 93.5 Å². The second-order valence-corrected chi connectivity index (χ2v) is 14.4. The molecule has 0 aromatic heterocycles. The first-order valence-corrected chi connectivity index (χ1v) is 19.5. The Hall–Kier alpha value is -4.14. The summed E-state index contributed by atoms with van der Waals surface area (Å²) in [5, 5.41) is 0. The van der Waals surface area contributed by atoms with Gasteiger partial charge in [0.25, 0.3) is 20.2 Å². The minimum atomic E-state index is -3.88. The van der Waals surface area contributed by atoms with Crippen molar-refractivity contribution in [3.63, 3.8) is 0 Å². The number of hydrogen-bond acceptors (Lipinski definition) is 16.